The van der Waals surface area contributed by atoms with Gasteiger partial charge in [-0.25, -0.2) is 4.98 Å². The average molecular weight is 423 g/mol. The van der Waals surface area contributed by atoms with Gasteiger partial charge in [0, 0.05) is 37.5 Å². The highest BCUT2D eigenvalue weighted by Gasteiger charge is 2.31. The summed E-state index contributed by atoms with van der Waals surface area (Å²) in [6, 6.07) is 0. The quantitative estimate of drug-likeness (QED) is 0.789. The Morgan fingerprint density at radius 2 is 1.85 bits per heavy atom. The van der Waals surface area contributed by atoms with E-state index in [4.69, 9.17) is 0 Å². The summed E-state index contributed by atoms with van der Waals surface area (Å²) in [6.07, 6.45) is 5.52. The molecule has 1 aromatic heterocycles. The summed E-state index contributed by atoms with van der Waals surface area (Å²) in [6.45, 7) is 6.96. The van der Waals surface area contributed by atoms with Gasteiger partial charge < -0.3 is 15.1 Å². The number of aromatic nitrogens is 1. The van der Waals surface area contributed by atoms with E-state index in [9.17, 15) is 4.79 Å². The van der Waals surface area contributed by atoms with Crippen LogP contribution in [0.4, 0.5) is 5.13 Å². The predicted octanol–water partition coefficient (Wildman–Crippen LogP) is 3.36. The molecule has 3 rings (SSSR count). The number of piperidine rings is 2. The van der Waals surface area contributed by atoms with Crippen LogP contribution < -0.4 is 10.2 Å². The van der Waals surface area contributed by atoms with E-state index < -0.39 is 0 Å². The van der Waals surface area contributed by atoms with Crippen molar-refractivity contribution in [3.05, 3.63) is 11.1 Å². The molecule has 8 heteroatoms. The van der Waals surface area contributed by atoms with E-state index in [0.717, 1.165) is 62.3 Å². The normalized spacial score (nSPS) is 19.0. The summed E-state index contributed by atoms with van der Waals surface area (Å²) in [5.41, 5.74) is 1.09. The zero-order valence-corrected chi connectivity index (χ0v) is 18.2. The van der Waals surface area contributed by atoms with Gasteiger partial charge in [-0.2, -0.15) is 0 Å². The smallest absolute Gasteiger partial charge is 0.225 e. The number of anilines is 1. The van der Waals surface area contributed by atoms with E-state index in [1.54, 1.807) is 11.3 Å². The lowest BCUT2D eigenvalue weighted by Crippen LogP contribution is -2.45. The Kier molecular flexibility index (Phi) is 10.2. The molecule has 0 saturated carbocycles. The minimum atomic E-state index is 0. The second kappa shape index (κ2) is 11.3. The maximum absolute atomic E-state index is 12.8. The zero-order valence-electron chi connectivity index (χ0n) is 15.8. The van der Waals surface area contributed by atoms with E-state index in [1.165, 1.54) is 19.3 Å². The lowest BCUT2D eigenvalue weighted by atomic mass is 9.90. The molecule has 0 radical (unpaired) electrons. The number of carbonyl (C=O) groups is 1. The van der Waals surface area contributed by atoms with Crippen LogP contribution in [-0.2, 0) is 4.79 Å². The number of hydrogen-bond donors (Lipinski definition) is 1. The summed E-state index contributed by atoms with van der Waals surface area (Å²) in [5, 5.41) is 6.45. The van der Waals surface area contributed by atoms with Crippen LogP contribution >= 0.6 is 36.2 Å². The molecule has 1 N–H and O–H groups in total. The van der Waals surface area contributed by atoms with Gasteiger partial charge in [-0.15, -0.1) is 36.2 Å². The van der Waals surface area contributed by atoms with Crippen LogP contribution in [0.1, 0.15) is 37.8 Å². The first-order valence-electron chi connectivity index (χ1n) is 9.28. The van der Waals surface area contributed by atoms with Crippen molar-refractivity contribution in [3.63, 3.8) is 0 Å². The summed E-state index contributed by atoms with van der Waals surface area (Å²) < 4.78 is 0. The molecule has 150 valence electrons. The zero-order chi connectivity index (χ0) is 16.9. The number of amides is 1. The van der Waals surface area contributed by atoms with Gasteiger partial charge in [0.05, 0.1) is 5.69 Å². The number of hydrogen-bond acceptors (Lipinski definition) is 5. The highest BCUT2D eigenvalue weighted by Crippen LogP contribution is 2.28. The molecular weight excluding hydrogens is 391 g/mol. The lowest BCUT2D eigenvalue weighted by molar-refractivity contribution is -0.137. The third kappa shape index (κ3) is 5.98. The van der Waals surface area contributed by atoms with Gasteiger partial charge in [0.2, 0.25) is 5.91 Å². The number of nitrogens with zero attached hydrogens (tertiary/aromatic N) is 3. The van der Waals surface area contributed by atoms with Crippen molar-refractivity contribution in [3.8, 4) is 0 Å². The van der Waals surface area contributed by atoms with E-state index in [-0.39, 0.29) is 30.7 Å². The Bertz CT molecular complexity index is 541. The Hall–Kier alpha value is -0.560. The lowest BCUT2D eigenvalue weighted by Gasteiger charge is -2.37. The number of nitrogens with one attached hydrogen (secondary N) is 1. The number of carbonyl (C=O) groups excluding carboxylic acids is 1. The monoisotopic (exact) mass is 422 g/mol. The second-order valence-electron chi connectivity index (χ2n) is 7.19. The third-order valence-electron chi connectivity index (χ3n) is 5.45. The van der Waals surface area contributed by atoms with Crippen LogP contribution in [0.15, 0.2) is 5.38 Å². The molecule has 5 nitrogen and oxygen atoms in total. The van der Waals surface area contributed by atoms with Crippen molar-refractivity contribution >= 4 is 47.2 Å². The molecule has 0 atom stereocenters. The third-order valence-corrected chi connectivity index (χ3v) is 6.47. The van der Waals surface area contributed by atoms with Crippen LogP contribution in [-0.4, -0.2) is 55.6 Å². The first-order chi connectivity index (χ1) is 11.7. The number of rotatable bonds is 5. The van der Waals surface area contributed by atoms with E-state index in [0.29, 0.717) is 5.91 Å². The Morgan fingerprint density at radius 1 is 1.19 bits per heavy atom. The number of halogens is 2. The van der Waals surface area contributed by atoms with Crippen molar-refractivity contribution in [1.29, 1.82) is 0 Å². The van der Waals surface area contributed by atoms with Gasteiger partial charge in [-0.3, -0.25) is 4.79 Å². The van der Waals surface area contributed by atoms with Crippen LogP contribution in [0.5, 0.6) is 0 Å². The minimum absolute atomic E-state index is 0. The van der Waals surface area contributed by atoms with E-state index in [1.807, 2.05) is 14.0 Å². The Labute approximate surface area is 173 Å². The fourth-order valence-corrected chi connectivity index (χ4v) is 4.71. The molecule has 0 aromatic carbocycles. The first-order valence-corrected chi connectivity index (χ1v) is 10.2. The summed E-state index contributed by atoms with van der Waals surface area (Å²) in [4.78, 5) is 21.8. The van der Waals surface area contributed by atoms with Crippen LogP contribution in [0, 0.1) is 18.8 Å². The van der Waals surface area contributed by atoms with Gasteiger partial charge in [0.25, 0.3) is 0 Å². The fraction of sp³-hybridized carbons (Fsp3) is 0.778. The van der Waals surface area contributed by atoms with Crippen LogP contribution in [0.3, 0.4) is 0 Å². The largest absolute Gasteiger partial charge is 0.348 e. The van der Waals surface area contributed by atoms with Crippen molar-refractivity contribution in [1.82, 2.24) is 15.2 Å². The molecule has 2 aliphatic heterocycles. The molecule has 0 spiro atoms. The predicted molar refractivity (Wildman–Crippen MR) is 114 cm³/mol. The molecule has 1 amide bonds. The SMILES string of the molecule is CNCCC1CCN(C(=O)C2CCN(c3nc(C)cs3)CC2)CC1.Cl.Cl. The minimum Gasteiger partial charge on any atom is -0.348 e. The van der Waals surface area contributed by atoms with E-state index in [2.05, 4.69) is 25.5 Å². The van der Waals surface area contributed by atoms with Crippen molar-refractivity contribution in [2.45, 2.75) is 39.0 Å². The molecule has 1 aromatic rings. The molecule has 0 bridgehead atoms. The Balaban J connectivity index is 0.00000169. The highest BCUT2D eigenvalue weighted by molar-refractivity contribution is 7.13. The summed E-state index contributed by atoms with van der Waals surface area (Å²) >= 11 is 1.71. The van der Waals surface area contributed by atoms with Crippen molar-refractivity contribution < 1.29 is 4.79 Å². The number of likely N-dealkylation sites (tertiary alicyclic amines) is 1. The van der Waals surface area contributed by atoms with Crippen LogP contribution in [0.25, 0.3) is 0 Å². The molecule has 0 unspecified atom stereocenters. The fourth-order valence-electron chi connectivity index (χ4n) is 3.85. The van der Waals surface area contributed by atoms with E-state index >= 15 is 0 Å². The standard InChI is InChI=1S/C18H30N4OS.2ClH/c1-14-13-24-18(20-14)22-11-6-16(7-12-22)17(23)21-9-4-15(5-10-21)3-8-19-2;;/h13,15-16,19H,3-12H2,1-2H3;2*1H. The molecule has 26 heavy (non-hydrogen) atoms. The topological polar surface area (TPSA) is 48.5 Å². The molecule has 2 fully saturated rings. The van der Waals surface area contributed by atoms with Crippen molar-refractivity contribution in [2.24, 2.45) is 11.8 Å². The summed E-state index contributed by atoms with van der Waals surface area (Å²) in [5.74, 6) is 1.41. The molecule has 3 heterocycles. The van der Waals surface area contributed by atoms with Crippen molar-refractivity contribution in [2.75, 3.05) is 44.7 Å². The maximum Gasteiger partial charge on any atom is 0.225 e. The van der Waals surface area contributed by atoms with Gasteiger partial charge in [0.15, 0.2) is 5.13 Å². The molecule has 0 aliphatic carbocycles. The van der Waals surface area contributed by atoms with Gasteiger partial charge in [-0.05, 0) is 58.5 Å². The molecule has 2 saturated heterocycles. The van der Waals surface area contributed by atoms with Crippen LogP contribution in [0.2, 0.25) is 0 Å². The number of thiazole rings is 1. The second-order valence-corrected chi connectivity index (χ2v) is 8.03. The first kappa shape index (κ1) is 23.5. The Morgan fingerprint density at radius 3 is 2.38 bits per heavy atom. The molecule has 2 aliphatic rings. The summed E-state index contributed by atoms with van der Waals surface area (Å²) in [7, 11) is 2.01. The van der Waals surface area contributed by atoms with Gasteiger partial charge in [0.1, 0.15) is 0 Å². The van der Waals surface area contributed by atoms with Gasteiger partial charge in [-0.1, -0.05) is 0 Å². The maximum atomic E-state index is 12.8. The highest BCUT2D eigenvalue weighted by atomic mass is 35.5. The average Bonchev–Trinajstić information content (AvgIpc) is 3.06. The number of aryl methyl sites for hydroxylation is 1. The molecular formula is C18H32Cl2N4OS. The van der Waals surface area contributed by atoms with Gasteiger partial charge >= 0.3 is 0 Å².